The maximum absolute atomic E-state index is 4.94. The number of benzene rings is 1. The molecule has 0 amide bonds. The second-order valence-electron chi connectivity index (χ2n) is 4.79. The van der Waals surface area contributed by atoms with Gasteiger partial charge < -0.3 is 9.84 Å². The van der Waals surface area contributed by atoms with Crippen molar-refractivity contribution in [1.29, 1.82) is 0 Å². The van der Waals surface area contributed by atoms with Crippen molar-refractivity contribution in [2.45, 2.75) is 19.5 Å². The first-order chi connectivity index (χ1) is 10.4. The number of hydrogen-bond donors (Lipinski definition) is 1. The smallest absolute Gasteiger partial charge is 0.227 e. The first kappa shape index (κ1) is 13.5. The molecule has 0 saturated carbocycles. The third kappa shape index (κ3) is 4.00. The van der Waals surface area contributed by atoms with Gasteiger partial charge in [-0.3, -0.25) is 4.68 Å². The van der Waals surface area contributed by atoms with Crippen LogP contribution >= 0.6 is 0 Å². The van der Waals surface area contributed by atoms with Gasteiger partial charge in [-0.2, -0.15) is 10.1 Å². The highest BCUT2D eigenvalue weighted by atomic mass is 16.5. The van der Waals surface area contributed by atoms with Gasteiger partial charge in [-0.1, -0.05) is 35.5 Å². The lowest BCUT2D eigenvalue weighted by atomic mass is 10.2. The van der Waals surface area contributed by atoms with E-state index >= 15 is 0 Å². The molecule has 0 unspecified atom stereocenters. The molecule has 3 aromatic rings. The zero-order chi connectivity index (χ0) is 14.3. The zero-order valence-electron chi connectivity index (χ0n) is 11.6. The third-order valence-corrected chi connectivity index (χ3v) is 3.13. The number of hydrogen-bond acceptors (Lipinski definition) is 5. The topological polar surface area (TPSA) is 68.8 Å². The van der Waals surface area contributed by atoms with Gasteiger partial charge in [0.15, 0.2) is 6.33 Å². The van der Waals surface area contributed by atoms with E-state index in [9.17, 15) is 0 Å². The molecule has 21 heavy (non-hydrogen) atoms. The number of nitrogens with zero attached hydrogens (tertiary/aromatic N) is 4. The van der Waals surface area contributed by atoms with Crippen LogP contribution in [0.25, 0.3) is 0 Å². The molecule has 3 rings (SSSR count). The molecule has 1 N–H and O–H groups in total. The van der Waals surface area contributed by atoms with Gasteiger partial charge in [0.2, 0.25) is 5.89 Å². The summed E-state index contributed by atoms with van der Waals surface area (Å²) in [7, 11) is 0. The summed E-state index contributed by atoms with van der Waals surface area (Å²) in [5.41, 5.74) is 2.41. The van der Waals surface area contributed by atoms with Gasteiger partial charge in [-0.05, 0) is 5.56 Å². The van der Waals surface area contributed by atoms with Gasteiger partial charge in [0.05, 0.1) is 12.7 Å². The first-order valence-corrected chi connectivity index (χ1v) is 6.92. The van der Waals surface area contributed by atoms with Crippen molar-refractivity contribution >= 4 is 0 Å². The molecule has 0 aliphatic rings. The van der Waals surface area contributed by atoms with Crippen molar-refractivity contribution in [3.63, 3.8) is 0 Å². The quantitative estimate of drug-likeness (QED) is 0.668. The summed E-state index contributed by atoms with van der Waals surface area (Å²) >= 11 is 0. The van der Waals surface area contributed by atoms with Crippen molar-refractivity contribution < 1.29 is 4.52 Å². The fourth-order valence-electron chi connectivity index (χ4n) is 2.09. The molecule has 0 saturated heterocycles. The number of rotatable bonds is 7. The Morgan fingerprint density at radius 1 is 1.14 bits per heavy atom. The van der Waals surface area contributed by atoms with Gasteiger partial charge in [0.1, 0.15) is 0 Å². The molecule has 6 nitrogen and oxygen atoms in total. The predicted molar refractivity (Wildman–Crippen MR) is 77.5 cm³/mol. The third-order valence-electron chi connectivity index (χ3n) is 3.13. The van der Waals surface area contributed by atoms with Gasteiger partial charge in [0.25, 0.3) is 0 Å². The number of nitrogens with one attached hydrogen (secondary N) is 1. The summed E-state index contributed by atoms with van der Waals surface area (Å²) in [6.45, 7) is 2.37. The molecule has 0 aliphatic carbocycles. The van der Waals surface area contributed by atoms with Crippen molar-refractivity contribution in [3.05, 3.63) is 66.1 Å². The van der Waals surface area contributed by atoms with Crippen LogP contribution in [0, 0.1) is 0 Å². The molecule has 0 bridgehead atoms. The second kappa shape index (κ2) is 6.81. The Bertz CT molecular complexity index is 648. The highest BCUT2D eigenvalue weighted by Gasteiger charge is 2.01. The molecule has 6 heteroatoms. The first-order valence-electron chi connectivity index (χ1n) is 6.92. The largest absolute Gasteiger partial charge is 0.340 e. The summed E-state index contributed by atoms with van der Waals surface area (Å²) in [5.74, 6) is 0.655. The molecule has 0 spiro atoms. The minimum absolute atomic E-state index is 0.655. The average molecular weight is 283 g/mol. The van der Waals surface area contributed by atoms with Crippen LogP contribution in [0.15, 0.2) is 53.6 Å². The van der Waals surface area contributed by atoms with Crippen LogP contribution in [0.5, 0.6) is 0 Å². The van der Waals surface area contributed by atoms with Gasteiger partial charge in [-0.25, -0.2) is 0 Å². The van der Waals surface area contributed by atoms with E-state index < -0.39 is 0 Å². The van der Waals surface area contributed by atoms with Crippen molar-refractivity contribution in [2.75, 3.05) is 6.54 Å². The lowest BCUT2D eigenvalue weighted by Crippen LogP contribution is -2.16. The zero-order valence-corrected chi connectivity index (χ0v) is 11.6. The summed E-state index contributed by atoms with van der Waals surface area (Å²) < 4.78 is 6.89. The maximum Gasteiger partial charge on any atom is 0.227 e. The van der Waals surface area contributed by atoms with E-state index in [1.165, 1.54) is 11.9 Å². The second-order valence-corrected chi connectivity index (χ2v) is 4.79. The Balaban J connectivity index is 1.44. The van der Waals surface area contributed by atoms with Crippen molar-refractivity contribution in [2.24, 2.45) is 0 Å². The van der Waals surface area contributed by atoms with E-state index in [-0.39, 0.29) is 0 Å². The van der Waals surface area contributed by atoms with Crippen LogP contribution in [0.3, 0.4) is 0 Å². The van der Waals surface area contributed by atoms with E-state index in [0.717, 1.165) is 31.6 Å². The SMILES string of the molecule is c1ccc(Cn2cc(CNCCc3ncno3)cn2)cc1. The Kier molecular flexibility index (Phi) is 4.38. The summed E-state index contributed by atoms with van der Waals surface area (Å²) in [5, 5.41) is 11.3. The van der Waals surface area contributed by atoms with E-state index in [1.807, 2.05) is 29.1 Å². The normalized spacial score (nSPS) is 10.9. The molecule has 108 valence electrons. The highest BCUT2D eigenvalue weighted by Crippen LogP contribution is 2.04. The van der Waals surface area contributed by atoms with Gasteiger partial charge in [-0.15, -0.1) is 0 Å². The fraction of sp³-hybridized carbons (Fsp3) is 0.267. The van der Waals surface area contributed by atoms with Gasteiger partial charge >= 0.3 is 0 Å². The van der Waals surface area contributed by atoms with Crippen molar-refractivity contribution in [1.82, 2.24) is 25.2 Å². The van der Waals surface area contributed by atoms with Gasteiger partial charge in [0, 0.05) is 31.3 Å². The van der Waals surface area contributed by atoms with E-state index in [0.29, 0.717) is 5.89 Å². The van der Waals surface area contributed by atoms with Crippen LogP contribution in [0.2, 0.25) is 0 Å². The van der Waals surface area contributed by atoms with Crippen LogP contribution in [-0.2, 0) is 19.5 Å². The molecule has 0 fully saturated rings. The maximum atomic E-state index is 4.94. The van der Waals surface area contributed by atoms with Crippen LogP contribution in [-0.4, -0.2) is 26.5 Å². The van der Waals surface area contributed by atoms with E-state index in [4.69, 9.17) is 4.52 Å². The Hall–Kier alpha value is -2.47. The molecule has 2 aromatic heterocycles. The predicted octanol–water partition coefficient (Wildman–Crippen LogP) is 1.65. The lowest BCUT2D eigenvalue weighted by molar-refractivity contribution is 0.375. The summed E-state index contributed by atoms with van der Waals surface area (Å²) in [6, 6.07) is 10.3. The summed E-state index contributed by atoms with van der Waals surface area (Å²) in [6.07, 6.45) is 6.11. The minimum atomic E-state index is 0.655. The van der Waals surface area contributed by atoms with Crippen LogP contribution < -0.4 is 5.32 Å². The molecule has 1 aromatic carbocycles. The Morgan fingerprint density at radius 2 is 2.05 bits per heavy atom. The molecule has 0 atom stereocenters. The highest BCUT2D eigenvalue weighted by molar-refractivity contribution is 5.15. The van der Waals surface area contributed by atoms with E-state index in [1.54, 1.807) is 0 Å². The lowest BCUT2D eigenvalue weighted by Gasteiger charge is -2.01. The monoisotopic (exact) mass is 283 g/mol. The summed E-state index contributed by atoms with van der Waals surface area (Å²) in [4.78, 5) is 3.98. The Morgan fingerprint density at radius 3 is 2.86 bits per heavy atom. The Labute approximate surface area is 122 Å². The van der Waals surface area contributed by atoms with Crippen molar-refractivity contribution in [3.8, 4) is 0 Å². The molecular weight excluding hydrogens is 266 g/mol. The standard InChI is InChI=1S/C15H17N5O/c1-2-4-13(5-3-1)10-20-11-14(9-18-20)8-16-7-6-15-17-12-19-21-15/h1-5,9,11-12,16H,6-8,10H2. The van der Waals surface area contributed by atoms with Crippen LogP contribution in [0.1, 0.15) is 17.0 Å². The fourth-order valence-corrected chi connectivity index (χ4v) is 2.09. The molecule has 0 radical (unpaired) electrons. The number of aromatic nitrogens is 4. The average Bonchev–Trinajstić information content (AvgIpc) is 3.17. The molecule has 2 heterocycles. The molecular formula is C15H17N5O. The van der Waals surface area contributed by atoms with E-state index in [2.05, 4.69) is 38.9 Å². The molecule has 0 aliphatic heterocycles. The van der Waals surface area contributed by atoms with Crippen LogP contribution in [0.4, 0.5) is 0 Å². The minimum Gasteiger partial charge on any atom is -0.340 e.